The van der Waals surface area contributed by atoms with E-state index in [-0.39, 0.29) is 48.8 Å². The minimum absolute atomic E-state index is 0.0175. The van der Waals surface area contributed by atoms with Gasteiger partial charge in [0.15, 0.2) is 0 Å². The van der Waals surface area contributed by atoms with Crippen LogP contribution in [0.1, 0.15) is 103 Å². The van der Waals surface area contributed by atoms with Crippen LogP contribution in [0.3, 0.4) is 0 Å². The van der Waals surface area contributed by atoms with Crippen molar-refractivity contribution in [1.29, 1.82) is 0 Å². The maximum atomic E-state index is 12.9. The molecule has 3 rings (SSSR count). The molecule has 1 aliphatic carbocycles. The Morgan fingerprint density at radius 1 is 0.977 bits per heavy atom. The summed E-state index contributed by atoms with van der Waals surface area (Å²) in [6.07, 6.45) is 5.54. The quantitative estimate of drug-likeness (QED) is 0.298. The molecule has 1 aromatic carbocycles. The van der Waals surface area contributed by atoms with Gasteiger partial charge >= 0.3 is 0 Å². The lowest BCUT2D eigenvalue weighted by atomic mass is 9.98. The van der Waals surface area contributed by atoms with Crippen LogP contribution in [0.4, 0.5) is 5.69 Å². The van der Waals surface area contributed by atoms with Crippen molar-refractivity contribution in [3.63, 3.8) is 0 Å². The third kappa shape index (κ3) is 10.3. The topological polar surface area (TPSA) is 144 Å². The molecular formula is C32H48N6O5. The number of Topliss-reactive ketones (excluding diaryl/α,β-unsaturated/α-hetero) is 1. The molecule has 2 atom stereocenters. The molecule has 1 aliphatic rings. The summed E-state index contributed by atoms with van der Waals surface area (Å²) in [4.78, 5) is 50.1. The average molecular weight is 597 g/mol. The molecule has 1 heterocycles. The van der Waals surface area contributed by atoms with Crippen LogP contribution in [0.15, 0.2) is 24.3 Å². The van der Waals surface area contributed by atoms with E-state index in [0.717, 1.165) is 49.1 Å². The van der Waals surface area contributed by atoms with E-state index in [4.69, 9.17) is 4.74 Å². The summed E-state index contributed by atoms with van der Waals surface area (Å²) in [5, 5.41) is 16.9. The minimum atomic E-state index is -0.827. The first-order chi connectivity index (χ1) is 20.5. The summed E-state index contributed by atoms with van der Waals surface area (Å²) in [5.74, 6) is -1.21. The van der Waals surface area contributed by atoms with Crippen molar-refractivity contribution in [1.82, 2.24) is 25.6 Å². The van der Waals surface area contributed by atoms with Crippen LogP contribution in [0.25, 0.3) is 0 Å². The smallest absolute Gasteiger partial charge is 0.246 e. The van der Waals surface area contributed by atoms with Crippen LogP contribution in [-0.4, -0.2) is 57.7 Å². The van der Waals surface area contributed by atoms with Crippen molar-refractivity contribution in [2.75, 3.05) is 18.5 Å². The highest BCUT2D eigenvalue weighted by Crippen LogP contribution is 2.30. The third-order valence-corrected chi connectivity index (χ3v) is 7.64. The Kier molecular flexibility index (Phi) is 12.9. The number of hydrogen-bond donors (Lipinski definition) is 3. The molecule has 11 heteroatoms. The molecular weight excluding hydrogens is 548 g/mol. The molecule has 236 valence electrons. The molecule has 11 nitrogen and oxygen atoms in total. The molecule has 2 unspecified atom stereocenters. The second kappa shape index (κ2) is 16.3. The SMILES string of the molecule is CC(C)C(=O)CCc1ccc(NC(=O)CNC(=O)C(NC(=O)COC2CCCCCc3c2nnn3C(C)C)C(C)C)cc1. The van der Waals surface area contributed by atoms with Crippen molar-refractivity contribution in [3.05, 3.63) is 41.2 Å². The van der Waals surface area contributed by atoms with Crippen LogP contribution in [0.2, 0.25) is 0 Å². The predicted octanol–water partition coefficient (Wildman–Crippen LogP) is 4.09. The van der Waals surface area contributed by atoms with Gasteiger partial charge in [-0.25, -0.2) is 4.68 Å². The average Bonchev–Trinajstić information content (AvgIpc) is 3.36. The van der Waals surface area contributed by atoms with E-state index in [2.05, 4.69) is 40.1 Å². The Morgan fingerprint density at radius 3 is 2.35 bits per heavy atom. The summed E-state index contributed by atoms with van der Waals surface area (Å²) in [6.45, 7) is 11.1. The van der Waals surface area contributed by atoms with Crippen LogP contribution >= 0.6 is 0 Å². The van der Waals surface area contributed by atoms with Crippen molar-refractivity contribution in [2.24, 2.45) is 11.8 Å². The number of fused-ring (bicyclic) bond motifs is 1. The molecule has 0 bridgehead atoms. The number of benzene rings is 1. The Morgan fingerprint density at radius 2 is 1.70 bits per heavy atom. The van der Waals surface area contributed by atoms with Gasteiger partial charge in [-0.2, -0.15) is 0 Å². The maximum absolute atomic E-state index is 12.9. The van der Waals surface area contributed by atoms with E-state index in [1.807, 2.05) is 44.5 Å². The van der Waals surface area contributed by atoms with Crippen LogP contribution in [0.5, 0.6) is 0 Å². The number of nitrogens with one attached hydrogen (secondary N) is 3. The number of nitrogens with zero attached hydrogens (tertiary/aromatic N) is 3. The number of ketones is 1. The zero-order valence-electron chi connectivity index (χ0n) is 26.4. The molecule has 0 saturated heterocycles. The molecule has 0 spiro atoms. The molecule has 43 heavy (non-hydrogen) atoms. The van der Waals surface area contributed by atoms with E-state index in [1.165, 1.54) is 0 Å². The normalized spacial score (nSPS) is 15.9. The fraction of sp³-hybridized carbons (Fsp3) is 0.625. The van der Waals surface area contributed by atoms with Gasteiger partial charge in [0.05, 0.1) is 12.2 Å². The van der Waals surface area contributed by atoms with Gasteiger partial charge in [0.2, 0.25) is 17.7 Å². The van der Waals surface area contributed by atoms with Crippen molar-refractivity contribution in [2.45, 2.75) is 105 Å². The fourth-order valence-corrected chi connectivity index (χ4v) is 5.05. The van der Waals surface area contributed by atoms with Gasteiger partial charge in [0, 0.05) is 24.1 Å². The zero-order chi connectivity index (χ0) is 31.5. The van der Waals surface area contributed by atoms with Gasteiger partial charge in [-0.3, -0.25) is 19.2 Å². The predicted molar refractivity (Wildman–Crippen MR) is 164 cm³/mol. The number of carbonyl (C=O) groups excluding carboxylic acids is 4. The van der Waals surface area contributed by atoms with Gasteiger partial charge in [0.25, 0.3) is 0 Å². The first-order valence-corrected chi connectivity index (χ1v) is 15.5. The lowest BCUT2D eigenvalue weighted by molar-refractivity contribution is -0.134. The number of aryl methyl sites for hydroxylation is 1. The third-order valence-electron chi connectivity index (χ3n) is 7.64. The number of anilines is 1. The number of hydrogen-bond acceptors (Lipinski definition) is 7. The minimum Gasteiger partial charge on any atom is -0.362 e. The van der Waals surface area contributed by atoms with Gasteiger partial charge in [-0.1, -0.05) is 57.9 Å². The first kappa shape index (κ1) is 33.9. The Balaban J connectivity index is 1.48. The van der Waals surface area contributed by atoms with Crippen LogP contribution in [-0.2, 0) is 36.8 Å². The fourth-order valence-electron chi connectivity index (χ4n) is 5.05. The molecule has 0 saturated carbocycles. The summed E-state index contributed by atoms with van der Waals surface area (Å²) in [7, 11) is 0. The van der Waals surface area contributed by atoms with Gasteiger partial charge in [-0.05, 0) is 63.1 Å². The molecule has 3 N–H and O–H groups in total. The number of carbonyl (C=O) groups is 4. The van der Waals surface area contributed by atoms with Crippen LogP contribution in [0, 0.1) is 11.8 Å². The first-order valence-electron chi connectivity index (χ1n) is 15.5. The number of aromatic nitrogens is 3. The summed E-state index contributed by atoms with van der Waals surface area (Å²) in [5.41, 5.74) is 3.46. The Hall–Kier alpha value is -3.60. The summed E-state index contributed by atoms with van der Waals surface area (Å²) < 4.78 is 7.96. The highest BCUT2D eigenvalue weighted by Gasteiger charge is 2.28. The number of amides is 3. The standard InChI is InChI=1S/C32H48N6O5/c1-20(2)26(39)17-14-23-12-15-24(16-13-23)34-28(40)18-33-32(42)30(21(3)4)35-29(41)19-43-27-11-9-7-8-10-25-31(27)36-37-38(25)22(5)6/h12-13,15-16,20-22,27,30H,7-11,14,17-19H2,1-6H3,(H,33,42)(H,34,40)(H,35,41). The molecule has 1 aromatic heterocycles. The van der Waals surface area contributed by atoms with Crippen molar-refractivity contribution in [3.8, 4) is 0 Å². The lowest BCUT2D eigenvalue weighted by Gasteiger charge is -2.23. The summed E-state index contributed by atoms with van der Waals surface area (Å²) >= 11 is 0. The maximum Gasteiger partial charge on any atom is 0.246 e. The Bertz CT molecular complexity index is 1240. The molecule has 2 aromatic rings. The largest absolute Gasteiger partial charge is 0.362 e. The summed E-state index contributed by atoms with van der Waals surface area (Å²) in [6, 6.07) is 6.65. The molecule has 0 aliphatic heterocycles. The number of ether oxygens (including phenoxy) is 1. The van der Waals surface area contributed by atoms with E-state index < -0.39 is 17.9 Å². The molecule has 0 fully saturated rings. The van der Waals surface area contributed by atoms with Gasteiger partial charge < -0.3 is 20.7 Å². The monoisotopic (exact) mass is 596 g/mol. The van der Waals surface area contributed by atoms with Crippen LogP contribution < -0.4 is 16.0 Å². The van der Waals surface area contributed by atoms with Crippen molar-refractivity contribution >= 4 is 29.2 Å². The van der Waals surface area contributed by atoms with Gasteiger partial charge in [0.1, 0.15) is 30.2 Å². The Labute approximate surface area is 254 Å². The highest BCUT2D eigenvalue weighted by molar-refractivity contribution is 5.96. The van der Waals surface area contributed by atoms with Gasteiger partial charge in [-0.15, -0.1) is 5.10 Å². The van der Waals surface area contributed by atoms with E-state index in [0.29, 0.717) is 18.5 Å². The molecule has 3 amide bonds. The number of rotatable bonds is 14. The lowest BCUT2D eigenvalue weighted by Crippen LogP contribution is -2.51. The van der Waals surface area contributed by atoms with E-state index in [1.54, 1.807) is 12.1 Å². The molecule has 0 radical (unpaired) electrons. The van der Waals surface area contributed by atoms with E-state index in [9.17, 15) is 19.2 Å². The second-order valence-electron chi connectivity index (χ2n) is 12.2. The highest BCUT2D eigenvalue weighted by atomic mass is 16.5. The second-order valence-corrected chi connectivity index (χ2v) is 12.2. The van der Waals surface area contributed by atoms with E-state index >= 15 is 0 Å². The zero-order valence-corrected chi connectivity index (χ0v) is 26.4. The van der Waals surface area contributed by atoms with Crippen molar-refractivity contribution < 1.29 is 23.9 Å².